The third-order valence-corrected chi connectivity index (χ3v) is 4.00. The van der Waals surface area contributed by atoms with Gasteiger partial charge in [-0.1, -0.05) is 12.1 Å². The molecule has 1 atom stereocenters. The Morgan fingerprint density at radius 3 is 3.00 bits per heavy atom. The molecule has 0 fully saturated rings. The van der Waals surface area contributed by atoms with E-state index in [4.69, 9.17) is 15.2 Å². The van der Waals surface area contributed by atoms with Crippen molar-refractivity contribution in [3.05, 3.63) is 35.3 Å². The smallest absolute Gasteiger partial charge is 0.264 e. The van der Waals surface area contributed by atoms with Gasteiger partial charge in [0.15, 0.2) is 16.6 Å². The van der Waals surface area contributed by atoms with E-state index in [1.54, 1.807) is 6.07 Å². The molecular formula is C15H17N3O3S. The molecule has 0 bridgehead atoms. The fourth-order valence-corrected chi connectivity index (χ4v) is 2.78. The van der Waals surface area contributed by atoms with Crippen molar-refractivity contribution in [1.82, 2.24) is 10.3 Å². The van der Waals surface area contributed by atoms with Crippen LogP contribution in [0, 0.1) is 0 Å². The van der Waals surface area contributed by atoms with Crippen LogP contribution in [0.1, 0.15) is 12.1 Å². The first-order valence-corrected chi connectivity index (χ1v) is 7.96. The third kappa shape index (κ3) is 3.48. The molecule has 2 heterocycles. The van der Waals surface area contributed by atoms with Crippen LogP contribution >= 0.6 is 11.3 Å². The van der Waals surface area contributed by atoms with Crippen molar-refractivity contribution >= 4 is 22.4 Å². The minimum Gasteiger partial charge on any atom is -0.485 e. The van der Waals surface area contributed by atoms with Crippen LogP contribution in [-0.4, -0.2) is 30.1 Å². The summed E-state index contributed by atoms with van der Waals surface area (Å²) in [4.78, 5) is 16.3. The fraction of sp³-hybridized carbons (Fsp3) is 0.333. The average molecular weight is 319 g/mol. The van der Waals surface area contributed by atoms with Crippen LogP contribution < -0.4 is 20.5 Å². The molecule has 0 saturated heterocycles. The number of nitrogens with two attached hydrogens (primary N) is 1. The number of hydrogen-bond acceptors (Lipinski definition) is 6. The molecule has 1 aromatic heterocycles. The van der Waals surface area contributed by atoms with Crippen LogP contribution in [0.3, 0.4) is 0 Å². The molecule has 7 heteroatoms. The first-order valence-electron chi connectivity index (χ1n) is 7.08. The predicted molar refractivity (Wildman–Crippen MR) is 84.2 cm³/mol. The number of carbonyl (C=O) groups is 1. The monoisotopic (exact) mass is 319 g/mol. The molecule has 3 N–H and O–H groups in total. The highest BCUT2D eigenvalue weighted by Crippen LogP contribution is 2.30. The molecule has 1 aliphatic rings. The normalized spacial score (nSPS) is 16.3. The number of nitrogens with zero attached hydrogens (tertiary/aromatic N) is 1. The average Bonchev–Trinajstić information content (AvgIpc) is 2.96. The number of ether oxygens (including phenoxy) is 2. The van der Waals surface area contributed by atoms with Crippen molar-refractivity contribution in [3.63, 3.8) is 0 Å². The molecule has 0 radical (unpaired) electrons. The Morgan fingerprint density at radius 1 is 1.41 bits per heavy atom. The van der Waals surface area contributed by atoms with Gasteiger partial charge in [0, 0.05) is 11.9 Å². The molecule has 1 amide bonds. The number of amides is 1. The number of nitrogens with one attached hydrogen (secondary N) is 1. The summed E-state index contributed by atoms with van der Waals surface area (Å²) in [6.07, 6.45) is 0.989. The Balaban J connectivity index is 1.43. The van der Waals surface area contributed by atoms with Crippen LogP contribution in [0.4, 0.5) is 5.13 Å². The zero-order valence-electron chi connectivity index (χ0n) is 12.0. The Hall–Kier alpha value is -2.28. The summed E-state index contributed by atoms with van der Waals surface area (Å²) in [6.45, 7) is 0.795. The number of benzene rings is 1. The van der Waals surface area contributed by atoms with Gasteiger partial charge < -0.3 is 20.5 Å². The van der Waals surface area contributed by atoms with Crippen LogP contribution in [0.5, 0.6) is 11.5 Å². The molecule has 1 aliphatic heterocycles. The van der Waals surface area contributed by atoms with Gasteiger partial charge >= 0.3 is 0 Å². The van der Waals surface area contributed by atoms with E-state index in [1.807, 2.05) is 23.6 Å². The van der Waals surface area contributed by atoms with E-state index in [-0.39, 0.29) is 12.5 Å². The van der Waals surface area contributed by atoms with E-state index < -0.39 is 6.10 Å². The Bertz CT molecular complexity index is 659. The van der Waals surface area contributed by atoms with Crippen molar-refractivity contribution in [3.8, 4) is 11.5 Å². The molecule has 2 aromatic rings. The highest BCUT2D eigenvalue weighted by atomic mass is 32.1. The van der Waals surface area contributed by atoms with Crippen molar-refractivity contribution in [2.45, 2.75) is 18.9 Å². The second-order valence-corrected chi connectivity index (χ2v) is 5.83. The van der Waals surface area contributed by atoms with E-state index in [2.05, 4.69) is 10.3 Å². The molecule has 6 nitrogen and oxygen atoms in total. The van der Waals surface area contributed by atoms with Gasteiger partial charge in [0.2, 0.25) is 6.10 Å². The lowest BCUT2D eigenvalue weighted by molar-refractivity contribution is -0.130. The lowest BCUT2D eigenvalue weighted by Crippen LogP contribution is -2.44. The molecule has 0 saturated carbocycles. The summed E-state index contributed by atoms with van der Waals surface area (Å²) < 4.78 is 11.2. The number of nitrogen functional groups attached to an aromatic ring is 1. The van der Waals surface area contributed by atoms with Gasteiger partial charge in [-0.3, -0.25) is 4.79 Å². The molecular weight excluding hydrogens is 302 g/mol. The molecule has 0 unspecified atom stereocenters. The van der Waals surface area contributed by atoms with Gasteiger partial charge in [-0.2, -0.15) is 0 Å². The van der Waals surface area contributed by atoms with Gasteiger partial charge in [-0.15, -0.1) is 11.3 Å². The third-order valence-electron chi connectivity index (χ3n) is 3.28. The Labute approximate surface area is 132 Å². The van der Waals surface area contributed by atoms with E-state index in [1.165, 1.54) is 11.3 Å². The second-order valence-electron chi connectivity index (χ2n) is 4.94. The maximum atomic E-state index is 12.1. The zero-order chi connectivity index (χ0) is 15.4. The number of rotatable bonds is 5. The predicted octanol–water partition coefficient (Wildman–Crippen LogP) is 1.61. The summed E-state index contributed by atoms with van der Waals surface area (Å²) in [7, 11) is 0. The highest BCUT2D eigenvalue weighted by molar-refractivity contribution is 7.13. The van der Waals surface area contributed by atoms with Crippen molar-refractivity contribution in [2.24, 2.45) is 0 Å². The zero-order valence-corrected chi connectivity index (χ0v) is 12.8. The number of para-hydroxylation sites is 2. The lowest BCUT2D eigenvalue weighted by atomic mass is 10.2. The Kier molecular flexibility index (Phi) is 4.43. The number of anilines is 1. The van der Waals surface area contributed by atoms with Gasteiger partial charge in [-0.05, 0) is 25.0 Å². The van der Waals surface area contributed by atoms with Crippen molar-refractivity contribution in [2.75, 3.05) is 18.9 Å². The fourth-order valence-electron chi connectivity index (χ4n) is 2.18. The first-order chi connectivity index (χ1) is 10.7. The van der Waals surface area contributed by atoms with Gasteiger partial charge in [0.05, 0.1) is 5.69 Å². The van der Waals surface area contributed by atoms with Crippen LogP contribution in [0.2, 0.25) is 0 Å². The van der Waals surface area contributed by atoms with Crippen LogP contribution in [0.25, 0.3) is 0 Å². The summed E-state index contributed by atoms with van der Waals surface area (Å²) in [5.41, 5.74) is 6.54. The van der Waals surface area contributed by atoms with E-state index in [9.17, 15) is 4.79 Å². The van der Waals surface area contributed by atoms with Crippen LogP contribution in [0.15, 0.2) is 29.6 Å². The van der Waals surface area contributed by atoms with Crippen LogP contribution in [-0.2, 0) is 11.2 Å². The highest BCUT2D eigenvalue weighted by Gasteiger charge is 2.26. The van der Waals surface area contributed by atoms with Gasteiger partial charge in [0.25, 0.3) is 5.91 Å². The van der Waals surface area contributed by atoms with Gasteiger partial charge in [0.1, 0.15) is 6.61 Å². The van der Waals surface area contributed by atoms with Crippen molar-refractivity contribution in [1.29, 1.82) is 0 Å². The molecule has 3 rings (SSSR count). The van der Waals surface area contributed by atoms with E-state index in [0.717, 1.165) is 18.5 Å². The standard InChI is InChI=1S/C15H17N3O3S/c16-15-18-10(9-22-15)4-3-7-17-14(19)13-8-20-11-5-1-2-6-12(11)21-13/h1-2,5-6,9,13H,3-4,7-8H2,(H2,16,18)(H,17,19)/t13-/m0/s1. The number of thiazole rings is 1. The number of aryl methyl sites for hydroxylation is 1. The maximum absolute atomic E-state index is 12.1. The lowest BCUT2D eigenvalue weighted by Gasteiger charge is -2.25. The summed E-state index contributed by atoms with van der Waals surface area (Å²) in [5, 5.41) is 5.37. The van der Waals surface area contributed by atoms with Gasteiger partial charge in [-0.25, -0.2) is 4.98 Å². The molecule has 1 aromatic carbocycles. The molecule has 0 spiro atoms. The number of carbonyl (C=O) groups excluding carboxylic acids is 1. The molecule has 0 aliphatic carbocycles. The SMILES string of the molecule is Nc1nc(CCCNC(=O)[C@@H]2COc3ccccc3O2)cs1. The van der Waals surface area contributed by atoms with Crippen molar-refractivity contribution < 1.29 is 14.3 Å². The number of hydrogen-bond donors (Lipinski definition) is 2. The second kappa shape index (κ2) is 6.65. The quantitative estimate of drug-likeness (QED) is 0.818. The summed E-state index contributed by atoms with van der Waals surface area (Å²) in [5.74, 6) is 1.12. The maximum Gasteiger partial charge on any atom is 0.264 e. The topological polar surface area (TPSA) is 86.5 Å². The first kappa shape index (κ1) is 14.6. The van der Waals surface area contributed by atoms with E-state index >= 15 is 0 Å². The summed E-state index contributed by atoms with van der Waals surface area (Å²) >= 11 is 1.43. The number of aromatic nitrogens is 1. The Morgan fingerprint density at radius 2 is 2.23 bits per heavy atom. The summed E-state index contributed by atoms with van der Waals surface area (Å²) in [6, 6.07) is 7.33. The largest absolute Gasteiger partial charge is 0.485 e. The van der Waals surface area contributed by atoms with E-state index in [0.29, 0.717) is 23.2 Å². The minimum atomic E-state index is -0.607. The minimum absolute atomic E-state index is 0.160. The molecule has 22 heavy (non-hydrogen) atoms. The molecule has 116 valence electrons. The number of fused-ring (bicyclic) bond motifs is 1.